The zero-order valence-corrected chi connectivity index (χ0v) is 11.9. The number of hydrogen-bond donors (Lipinski definition) is 3. The van der Waals surface area contributed by atoms with Gasteiger partial charge in [0, 0.05) is 15.4 Å². The molecule has 0 aromatic heterocycles. The summed E-state index contributed by atoms with van der Waals surface area (Å²) in [4.78, 5) is 12.9. The highest BCUT2D eigenvalue weighted by Crippen LogP contribution is 2.20. The summed E-state index contributed by atoms with van der Waals surface area (Å²) in [6.07, 6.45) is 1.98. The number of nitrogens with one attached hydrogen (secondary N) is 2. The summed E-state index contributed by atoms with van der Waals surface area (Å²) < 4.78 is 0.807. The SMILES string of the molecule is O=C(NC1CCNCC1)c1cc(S)ccc1Br. The molecule has 92 valence electrons. The van der Waals surface area contributed by atoms with E-state index in [2.05, 4.69) is 39.2 Å². The summed E-state index contributed by atoms with van der Waals surface area (Å²) in [6.45, 7) is 1.94. The van der Waals surface area contributed by atoms with Crippen molar-refractivity contribution >= 4 is 34.5 Å². The normalized spacial score (nSPS) is 16.8. The molecule has 17 heavy (non-hydrogen) atoms. The third kappa shape index (κ3) is 3.47. The molecule has 0 unspecified atom stereocenters. The number of benzene rings is 1. The molecule has 0 spiro atoms. The quantitative estimate of drug-likeness (QED) is 0.733. The van der Waals surface area contributed by atoms with Crippen LogP contribution in [0.3, 0.4) is 0 Å². The summed E-state index contributed by atoms with van der Waals surface area (Å²) >= 11 is 7.64. The fourth-order valence-electron chi connectivity index (χ4n) is 1.92. The maximum absolute atomic E-state index is 12.1. The fraction of sp³-hybridized carbons (Fsp3) is 0.417. The molecule has 0 radical (unpaired) electrons. The van der Waals surface area contributed by atoms with E-state index in [1.807, 2.05) is 12.1 Å². The molecule has 2 N–H and O–H groups in total. The van der Waals surface area contributed by atoms with Gasteiger partial charge in [0.15, 0.2) is 0 Å². The zero-order chi connectivity index (χ0) is 12.3. The Balaban J connectivity index is 2.05. The van der Waals surface area contributed by atoms with Crippen molar-refractivity contribution in [1.82, 2.24) is 10.6 Å². The number of halogens is 1. The van der Waals surface area contributed by atoms with E-state index in [1.54, 1.807) is 6.07 Å². The van der Waals surface area contributed by atoms with E-state index in [1.165, 1.54) is 0 Å². The van der Waals surface area contributed by atoms with Crippen LogP contribution in [0.4, 0.5) is 0 Å². The maximum Gasteiger partial charge on any atom is 0.252 e. The number of carbonyl (C=O) groups excluding carboxylic acids is 1. The van der Waals surface area contributed by atoms with E-state index in [9.17, 15) is 4.79 Å². The first kappa shape index (κ1) is 12.9. The topological polar surface area (TPSA) is 41.1 Å². The first-order valence-electron chi connectivity index (χ1n) is 5.67. The molecule has 2 rings (SSSR count). The smallest absolute Gasteiger partial charge is 0.252 e. The predicted molar refractivity (Wildman–Crippen MR) is 74.8 cm³/mol. The van der Waals surface area contributed by atoms with Gasteiger partial charge in [0.2, 0.25) is 0 Å². The van der Waals surface area contributed by atoms with Gasteiger partial charge in [-0.05, 0) is 60.1 Å². The minimum absolute atomic E-state index is 0.0281. The van der Waals surface area contributed by atoms with E-state index in [0.717, 1.165) is 35.3 Å². The predicted octanol–water partition coefficient (Wildman–Crippen LogP) is 2.22. The average molecular weight is 315 g/mol. The Kier molecular flexibility index (Phi) is 4.48. The molecule has 1 heterocycles. The molecule has 3 nitrogen and oxygen atoms in total. The second kappa shape index (κ2) is 5.89. The van der Waals surface area contributed by atoms with Crippen molar-refractivity contribution in [2.45, 2.75) is 23.8 Å². The molecule has 0 saturated carbocycles. The van der Waals surface area contributed by atoms with Crippen LogP contribution in [0.5, 0.6) is 0 Å². The van der Waals surface area contributed by atoms with E-state index in [4.69, 9.17) is 0 Å². The molecular weight excluding hydrogens is 300 g/mol. The minimum atomic E-state index is -0.0281. The van der Waals surface area contributed by atoms with Crippen LogP contribution in [-0.4, -0.2) is 25.0 Å². The number of thiol groups is 1. The second-order valence-corrected chi connectivity index (χ2v) is 5.53. The van der Waals surface area contributed by atoms with Gasteiger partial charge in [-0.15, -0.1) is 12.6 Å². The first-order chi connectivity index (χ1) is 8.16. The van der Waals surface area contributed by atoms with E-state index in [-0.39, 0.29) is 11.9 Å². The van der Waals surface area contributed by atoms with Gasteiger partial charge in [-0.2, -0.15) is 0 Å². The van der Waals surface area contributed by atoms with E-state index in [0.29, 0.717) is 5.56 Å². The molecule has 1 fully saturated rings. The summed E-state index contributed by atoms with van der Waals surface area (Å²) in [5, 5.41) is 6.34. The number of hydrogen-bond acceptors (Lipinski definition) is 3. The van der Waals surface area contributed by atoms with Gasteiger partial charge in [0.1, 0.15) is 0 Å². The Morgan fingerprint density at radius 1 is 1.41 bits per heavy atom. The van der Waals surface area contributed by atoms with Gasteiger partial charge in [0.05, 0.1) is 5.56 Å². The number of amides is 1. The van der Waals surface area contributed by atoms with Crippen molar-refractivity contribution in [3.8, 4) is 0 Å². The van der Waals surface area contributed by atoms with Crippen LogP contribution in [0, 0.1) is 0 Å². The Labute approximate surface area is 115 Å². The van der Waals surface area contributed by atoms with Crippen LogP contribution in [-0.2, 0) is 0 Å². The zero-order valence-electron chi connectivity index (χ0n) is 9.37. The van der Waals surface area contributed by atoms with Crippen molar-refractivity contribution in [2.24, 2.45) is 0 Å². The highest BCUT2D eigenvalue weighted by atomic mass is 79.9. The molecule has 1 aromatic carbocycles. The summed E-state index contributed by atoms with van der Waals surface area (Å²) in [5.74, 6) is -0.0281. The highest BCUT2D eigenvalue weighted by molar-refractivity contribution is 9.10. The summed E-state index contributed by atoms with van der Waals surface area (Å²) in [7, 11) is 0. The molecule has 0 atom stereocenters. The first-order valence-corrected chi connectivity index (χ1v) is 6.91. The van der Waals surface area contributed by atoms with Crippen LogP contribution >= 0.6 is 28.6 Å². The highest BCUT2D eigenvalue weighted by Gasteiger charge is 2.17. The average Bonchev–Trinajstić information content (AvgIpc) is 2.33. The maximum atomic E-state index is 12.1. The second-order valence-electron chi connectivity index (χ2n) is 4.16. The lowest BCUT2D eigenvalue weighted by Crippen LogP contribution is -2.42. The van der Waals surface area contributed by atoms with Gasteiger partial charge in [-0.1, -0.05) is 0 Å². The molecule has 5 heteroatoms. The molecule has 0 aliphatic carbocycles. The van der Waals surface area contributed by atoms with Crippen molar-refractivity contribution in [3.05, 3.63) is 28.2 Å². The lowest BCUT2D eigenvalue weighted by Gasteiger charge is -2.23. The lowest BCUT2D eigenvalue weighted by molar-refractivity contribution is 0.0928. The van der Waals surface area contributed by atoms with E-state index >= 15 is 0 Å². The minimum Gasteiger partial charge on any atom is -0.349 e. The third-order valence-corrected chi connectivity index (χ3v) is 3.84. The van der Waals surface area contributed by atoms with Crippen molar-refractivity contribution in [3.63, 3.8) is 0 Å². The molecule has 1 aliphatic rings. The van der Waals surface area contributed by atoms with Crippen LogP contribution in [0.25, 0.3) is 0 Å². The Morgan fingerprint density at radius 3 is 2.82 bits per heavy atom. The van der Waals surface area contributed by atoms with Crippen LogP contribution in [0.2, 0.25) is 0 Å². The number of piperidine rings is 1. The largest absolute Gasteiger partial charge is 0.349 e. The third-order valence-electron chi connectivity index (χ3n) is 2.87. The molecular formula is C12H15BrN2OS. The fourth-order valence-corrected chi connectivity index (χ4v) is 2.55. The van der Waals surface area contributed by atoms with Crippen LogP contribution < -0.4 is 10.6 Å². The molecule has 1 amide bonds. The summed E-state index contributed by atoms with van der Waals surface area (Å²) in [5.41, 5.74) is 0.649. The number of rotatable bonds is 2. The summed E-state index contributed by atoms with van der Waals surface area (Å²) in [6, 6.07) is 5.76. The van der Waals surface area contributed by atoms with Crippen molar-refractivity contribution in [2.75, 3.05) is 13.1 Å². The van der Waals surface area contributed by atoms with Crippen LogP contribution in [0.1, 0.15) is 23.2 Å². The Hall–Kier alpha value is -0.520. The molecule has 1 saturated heterocycles. The van der Waals surface area contributed by atoms with Gasteiger partial charge < -0.3 is 10.6 Å². The van der Waals surface area contributed by atoms with Crippen LogP contribution in [0.15, 0.2) is 27.6 Å². The Bertz CT molecular complexity index is 419. The molecule has 1 aliphatic heterocycles. The standard InChI is InChI=1S/C12H15BrN2OS/c13-11-2-1-9(17)7-10(11)12(16)15-8-3-5-14-6-4-8/h1-2,7-8,14,17H,3-6H2,(H,15,16). The Morgan fingerprint density at radius 2 is 2.12 bits per heavy atom. The molecule has 0 bridgehead atoms. The molecule has 1 aromatic rings. The van der Waals surface area contributed by atoms with Crippen molar-refractivity contribution in [1.29, 1.82) is 0 Å². The van der Waals surface area contributed by atoms with Gasteiger partial charge in [-0.25, -0.2) is 0 Å². The van der Waals surface area contributed by atoms with Gasteiger partial charge in [-0.3, -0.25) is 4.79 Å². The number of carbonyl (C=O) groups is 1. The van der Waals surface area contributed by atoms with E-state index < -0.39 is 0 Å². The lowest BCUT2D eigenvalue weighted by atomic mass is 10.1. The monoisotopic (exact) mass is 314 g/mol. The van der Waals surface area contributed by atoms with Gasteiger partial charge >= 0.3 is 0 Å². The van der Waals surface area contributed by atoms with Gasteiger partial charge in [0.25, 0.3) is 5.91 Å². The van der Waals surface area contributed by atoms with Crippen molar-refractivity contribution < 1.29 is 4.79 Å².